The number of hydrogen-bond acceptors (Lipinski definition) is 3. The zero-order chi connectivity index (χ0) is 11.4. The fourth-order valence-electron chi connectivity index (χ4n) is 2.21. The summed E-state index contributed by atoms with van der Waals surface area (Å²) >= 11 is 1.32. The Morgan fingerprint density at radius 2 is 1.94 bits per heavy atom. The van der Waals surface area contributed by atoms with Crippen molar-refractivity contribution in [2.24, 2.45) is 0 Å². The van der Waals surface area contributed by atoms with E-state index in [9.17, 15) is 10.1 Å². The third-order valence-corrected chi connectivity index (χ3v) is 4.10. The lowest BCUT2D eigenvalue weighted by molar-refractivity contribution is -0.912. The molecule has 2 rings (SSSR count). The highest BCUT2D eigenvalue weighted by Gasteiger charge is 2.16. The molecule has 0 saturated carbocycles. The Morgan fingerprint density at radius 1 is 1.25 bits per heavy atom. The number of nitro groups is 1. The second-order valence-corrected chi connectivity index (χ2v) is 5.48. The highest BCUT2D eigenvalue weighted by atomic mass is 32.1. The maximum atomic E-state index is 10.6. The second-order valence-electron chi connectivity index (χ2n) is 4.34. The quantitative estimate of drug-likeness (QED) is 0.645. The van der Waals surface area contributed by atoms with Crippen molar-refractivity contribution in [2.45, 2.75) is 32.2 Å². The lowest BCUT2D eigenvalue weighted by Gasteiger charge is -2.15. The van der Waals surface area contributed by atoms with E-state index < -0.39 is 0 Å². The van der Waals surface area contributed by atoms with Gasteiger partial charge < -0.3 is 4.90 Å². The first-order chi connectivity index (χ1) is 7.75. The van der Waals surface area contributed by atoms with Gasteiger partial charge in [0.1, 0.15) is 6.54 Å². The van der Waals surface area contributed by atoms with Gasteiger partial charge in [0, 0.05) is 6.07 Å². The molecule has 1 aromatic rings. The summed E-state index contributed by atoms with van der Waals surface area (Å²) in [5.74, 6) is 0. The number of quaternary nitrogens is 1. The van der Waals surface area contributed by atoms with Gasteiger partial charge in [0.2, 0.25) is 0 Å². The molecule has 0 atom stereocenters. The van der Waals surface area contributed by atoms with Crippen LogP contribution in [0.5, 0.6) is 0 Å². The van der Waals surface area contributed by atoms with Gasteiger partial charge >= 0.3 is 5.00 Å². The molecular weight excluding hydrogens is 224 g/mol. The second kappa shape index (κ2) is 5.41. The average Bonchev–Trinajstić information content (AvgIpc) is 2.56. The van der Waals surface area contributed by atoms with E-state index in [1.807, 2.05) is 6.07 Å². The molecule has 0 amide bonds. The molecule has 2 heterocycles. The minimum absolute atomic E-state index is 0.268. The molecule has 4 nitrogen and oxygen atoms in total. The average molecular weight is 241 g/mol. The first-order valence-corrected chi connectivity index (χ1v) is 6.64. The summed E-state index contributed by atoms with van der Waals surface area (Å²) in [6.07, 6.45) is 5.27. The molecule has 1 aliphatic rings. The maximum absolute atomic E-state index is 10.6. The van der Waals surface area contributed by atoms with Crippen LogP contribution >= 0.6 is 11.3 Å². The van der Waals surface area contributed by atoms with E-state index in [0.717, 1.165) is 11.4 Å². The lowest BCUT2D eigenvalue weighted by Crippen LogP contribution is -3.10. The third kappa shape index (κ3) is 3.02. The van der Waals surface area contributed by atoms with Crippen LogP contribution in [0.4, 0.5) is 5.00 Å². The Hall–Kier alpha value is -0.940. The minimum atomic E-state index is -0.300. The molecule has 1 aromatic heterocycles. The van der Waals surface area contributed by atoms with Crippen molar-refractivity contribution in [3.05, 3.63) is 27.1 Å². The van der Waals surface area contributed by atoms with Crippen molar-refractivity contribution in [2.75, 3.05) is 13.1 Å². The normalized spacial score (nSPS) is 18.2. The number of nitrogens with zero attached hydrogens (tertiary/aromatic N) is 1. The highest BCUT2D eigenvalue weighted by molar-refractivity contribution is 7.15. The molecule has 0 bridgehead atoms. The predicted octanol–water partition coefficient (Wildman–Crippen LogP) is 1.62. The third-order valence-electron chi connectivity index (χ3n) is 3.06. The summed E-state index contributed by atoms with van der Waals surface area (Å²) in [6.45, 7) is 3.38. The van der Waals surface area contributed by atoms with E-state index in [-0.39, 0.29) is 9.92 Å². The van der Waals surface area contributed by atoms with Crippen LogP contribution in [0, 0.1) is 10.1 Å². The molecule has 0 aliphatic carbocycles. The Labute approximate surface area is 99.0 Å². The van der Waals surface area contributed by atoms with Gasteiger partial charge in [-0.2, -0.15) is 0 Å². The van der Waals surface area contributed by atoms with Crippen molar-refractivity contribution < 1.29 is 9.82 Å². The van der Waals surface area contributed by atoms with Gasteiger partial charge in [-0.05, 0) is 31.7 Å². The van der Waals surface area contributed by atoms with Gasteiger partial charge in [0.25, 0.3) is 0 Å². The molecular formula is C11H17N2O2S+. The molecule has 0 unspecified atom stereocenters. The molecule has 0 aromatic carbocycles. The van der Waals surface area contributed by atoms with Crippen LogP contribution in [-0.4, -0.2) is 18.0 Å². The molecule has 16 heavy (non-hydrogen) atoms. The summed E-state index contributed by atoms with van der Waals surface area (Å²) in [5, 5.41) is 10.8. The van der Waals surface area contributed by atoms with Crippen molar-refractivity contribution in [1.29, 1.82) is 0 Å². The maximum Gasteiger partial charge on any atom is 0.324 e. The van der Waals surface area contributed by atoms with Crippen molar-refractivity contribution in [3.63, 3.8) is 0 Å². The monoisotopic (exact) mass is 241 g/mol. The molecule has 1 fully saturated rings. The van der Waals surface area contributed by atoms with Crippen molar-refractivity contribution in [3.8, 4) is 0 Å². The predicted molar refractivity (Wildman–Crippen MR) is 63.8 cm³/mol. The fourth-order valence-corrected chi connectivity index (χ4v) is 3.10. The van der Waals surface area contributed by atoms with Crippen LogP contribution < -0.4 is 4.90 Å². The van der Waals surface area contributed by atoms with E-state index in [2.05, 4.69) is 0 Å². The van der Waals surface area contributed by atoms with Crippen LogP contribution in [0.3, 0.4) is 0 Å². The number of likely N-dealkylation sites (tertiary alicyclic amines) is 1. The first kappa shape index (κ1) is 11.5. The SMILES string of the molecule is O=[N+]([O-])c1ccc(C[NH+]2CCCCCC2)s1. The van der Waals surface area contributed by atoms with Gasteiger partial charge in [-0.25, -0.2) is 0 Å². The Kier molecular flexibility index (Phi) is 3.90. The number of thiophene rings is 1. The zero-order valence-electron chi connectivity index (χ0n) is 9.28. The van der Waals surface area contributed by atoms with Gasteiger partial charge in [-0.15, -0.1) is 0 Å². The first-order valence-electron chi connectivity index (χ1n) is 5.82. The van der Waals surface area contributed by atoms with E-state index >= 15 is 0 Å². The summed E-state index contributed by atoms with van der Waals surface area (Å²) < 4.78 is 0. The zero-order valence-corrected chi connectivity index (χ0v) is 10.1. The van der Waals surface area contributed by atoms with Crippen LogP contribution in [0.2, 0.25) is 0 Å². The molecule has 1 aliphatic heterocycles. The standard InChI is InChI=1S/C11H16N2O2S/c14-13(15)11-6-5-10(16-11)9-12-7-3-1-2-4-8-12/h5-6H,1-4,7-9H2/p+1. The number of nitrogens with one attached hydrogen (secondary N) is 1. The molecule has 1 N–H and O–H groups in total. The summed E-state index contributed by atoms with van der Waals surface area (Å²) in [4.78, 5) is 13.0. The topological polar surface area (TPSA) is 47.6 Å². The largest absolute Gasteiger partial charge is 0.331 e. The minimum Gasteiger partial charge on any atom is -0.331 e. The Morgan fingerprint density at radius 3 is 2.50 bits per heavy atom. The van der Waals surface area contributed by atoms with E-state index in [1.165, 1.54) is 50.1 Å². The van der Waals surface area contributed by atoms with Crippen molar-refractivity contribution in [1.82, 2.24) is 0 Å². The van der Waals surface area contributed by atoms with Gasteiger partial charge in [-0.1, -0.05) is 11.3 Å². The number of hydrogen-bond donors (Lipinski definition) is 1. The summed E-state index contributed by atoms with van der Waals surface area (Å²) in [7, 11) is 0. The molecule has 0 radical (unpaired) electrons. The Bertz CT molecular complexity index is 357. The van der Waals surface area contributed by atoms with Crippen molar-refractivity contribution >= 4 is 16.3 Å². The summed E-state index contributed by atoms with van der Waals surface area (Å²) in [5.41, 5.74) is 0. The Balaban J connectivity index is 1.94. The van der Waals surface area contributed by atoms with Gasteiger partial charge in [0.05, 0.1) is 22.9 Å². The molecule has 5 heteroatoms. The van der Waals surface area contributed by atoms with Crippen LogP contribution in [0.1, 0.15) is 30.6 Å². The summed E-state index contributed by atoms with van der Waals surface area (Å²) in [6, 6.07) is 3.53. The number of rotatable bonds is 3. The fraction of sp³-hybridized carbons (Fsp3) is 0.636. The molecule has 1 saturated heterocycles. The van der Waals surface area contributed by atoms with E-state index in [0.29, 0.717) is 0 Å². The van der Waals surface area contributed by atoms with E-state index in [1.54, 1.807) is 11.0 Å². The molecule has 0 spiro atoms. The van der Waals surface area contributed by atoms with Crippen LogP contribution in [0.15, 0.2) is 12.1 Å². The van der Waals surface area contributed by atoms with Crippen LogP contribution in [0.25, 0.3) is 0 Å². The molecule has 88 valence electrons. The van der Waals surface area contributed by atoms with Gasteiger partial charge in [-0.3, -0.25) is 10.1 Å². The highest BCUT2D eigenvalue weighted by Crippen LogP contribution is 2.23. The van der Waals surface area contributed by atoms with E-state index in [4.69, 9.17) is 0 Å². The smallest absolute Gasteiger partial charge is 0.324 e. The van der Waals surface area contributed by atoms with Gasteiger partial charge in [0.15, 0.2) is 0 Å². The van der Waals surface area contributed by atoms with Crippen LogP contribution in [-0.2, 0) is 6.54 Å². The lowest BCUT2D eigenvalue weighted by atomic mass is 10.2.